The molecule has 0 aliphatic heterocycles. The Bertz CT molecular complexity index is 861. The number of hydrogen-bond acceptors (Lipinski definition) is 4. The van der Waals surface area contributed by atoms with Crippen molar-refractivity contribution < 1.29 is 9.90 Å². The summed E-state index contributed by atoms with van der Waals surface area (Å²) in [5, 5.41) is 13.1. The highest BCUT2D eigenvalue weighted by atomic mass is 32.2. The lowest BCUT2D eigenvalue weighted by Gasteiger charge is -2.10. The number of nitrogens with zero attached hydrogens (tertiary/aromatic N) is 2. The van der Waals surface area contributed by atoms with Crippen LogP contribution >= 0.6 is 11.8 Å². The standard InChI is InChI=1S/C18H17N3O2S/c1-13-6-2-4-8-15(13)21-11-10-19-18(21)24-12-17(23)20-14-7-3-5-9-16(14)22/h2-11,22H,12H2,1H3,(H,20,23). The first kappa shape index (κ1) is 16.1. The minimum atomic E-state index is -0.194. The predicted octanol–water partition coefficient (Wildman–Crippen LogP) is 3.62. The Labute approximate surface area is 144 Å². The van der Waals surface area contributed by atoms with Crippen molar-refractivity contribution in [2.45, 2.75) is 12.1 Å². The highest BCUT2D eigenvalue weighted by Gasteiger charge is 2.11. The van der Waals surface area contributed by atoms with Gasteiger partial charge in [0.05, 0.1) is 17.1 Å². The van der Waals surface area contributed by atoms with Crippen LogP contribution in [0.2, 0.25) is 0 Å². The number of aromatic hydroxyl groups is 1. The molecule has 0 unspecified atom stereocenters. The fraction of sp³-hybridized carbons (Fsp3) is 0.111. The van der Waals surface area contributed by atoms with Crippen molar-refractivity contribution in [3.8, 4) is 11.4 Å². The van der Waals surface area contributed by atoms with E-state index in [-0.39, 0.29) is 17.4 Å². The third-order valence-corrected chi connectivity index (χ3v) is 4.46. The van der Waals surface area contributed by atoms with Crippen LogP contribution in [0.15, 0.2) is 66.1 Å². The van der Waals surface area contributed by atoms with Gasteiger partial charge in [0.2, 0.25) is 5.91 Å². The topological polar surface area (TPSA) is 67.2 Å². The van der Waals surface area contributed by atoms with E-state index >= 15 is 0 Å². The lowest BCUT2D eigenvalue weighted by molar-refractivity contribution is -0.113. The molecule has 0 saturated carbocycles. The van der Waals surface area contributed by atoms with Crippen molar-refractivity contribution in [1.29, 1.82) is 0 Å². The number of phenolic OH excluding ortho intramolecular Hbond substituents is 1. The molecule has 1 amide bonds. The van der Waals surface area contributed by atoms with Crippen molar-refractivity contribution in [2.24, 2.45) is 0 Å². The van der Waals surface area contributed by atoms with Crippen LogP contribution in [0.5, 0.6) is 5.75 Å². The second kappa shape index (κ2) is 7.23. The zero-order valence-corrected chi connectivity index (χ0v) is 14.0. The van der Waals surface area contributed by atoms with Gasteiger partial charge in [-0.05, 0) is 30.7 Å². The monoisotopic (exact) mass is 339 g/mol. The largest absolute Gasteiger partial charge is 0.506 e. The maximum atomic E-state index is 12.1. The molecule has 24 heavy (non-hydrogen) atoms. The Morgan fingerprint density at radius 1 is 1.21 bits per heavy atom. The number of imidazole rings is 1. The van der Waals surface area contributed by atoms with Crippen LogP contribution in [-0.2, 0) is 4.79 Å². The molecule has 1 aromatic heterocycles. The number of anilines is 1. The van der Waals surface area contributed by atoms with Gasteiger partial charge in [-0.25, -0.2) is 4.98 Å². The summed E-state index contributed by atoms with van der Waals surface area (Å²) >= 11 is 1.35. The first-order chi connectivity index (χ1) is 11.6. The number of carbonyl (C=O) groups excluding carboxylic acids is 1. The molecule has 0 aliphatic carbocycles. The summed E-state index contributed by atoms with van der Waals surface area (Å²) in [6, 6.07) is 14.7. The van der Waals surface area contributed by atoms with E-state index in [0.717, 1.165) is 16.4 Å². The molecule has 2 aromatic carbocycles. The second-order valence-electron chi connectivity index (χ2n) is 5.22. The maximum Gasteiger partial charge on any atom is 0.234 e. The van der Waals surface area contributed by atoms with Crippen molar-refractivity contribution >= 4 is 23.4 Å². The van der Waals surface area contributed by atoms with E-state index < -0.39 is 0 Å². The maximum absolute atomic E-state index is 12.1. The third-order valence-electron chi connectivity index (χ3n) is 3.49. The lowest BCUT2D eigenvalue weighted by Crippen LogP contribution is -2.14. The first-order valence-corrected chi connectivity index (χ1v) is 8.43. The average molecular weight is 339 g/mol. The number of nitrogens with one attached hydrogen (secondary N) is 1. The van der Waals surface area contributed by atoms with Gasteiger partial charge in [-0.15, -0.1) is 0 Å². The number of carbonyl (C=O) groups is 1. The molecule has 1 heterocycles. The van der Waals surface area contributed by atoms with Crippen molar-refractivity contribution in [3.63, 3.8) is 0 Å². The Morgan fingerprint density at radius 3 is 2.75 bits per heavy atom. The van der Waals surface area contributed by atoms with Gasteiger partial charge in [0.1, 0.15) is 5.75 Å². The summed E-state index contributed by atoms with van der Waals surface area (Å²) < 4.78 is 1.97. The molecule has 0 bridgehead atoms. The van der Waals surface area contributed by atoms with Gasteiger partial charge in [-0.1, -0.05) is 42.1 Å². The molecule has 3 aromatic rings. The van der Waals surface area contributed by atoms with E-state index in [1.807, 2.05) is 42.0 Å². The highest BCUT2D eigenvalue weighted by molar-refractivity contribution is 7.99. The average Bonchev–Trinajstić information content (AvgIpc) is 3.04. The number of benzene rings is 2. The fourth-order valence-electron chi connectivity index (χ4n) is 2.31. The second-order valence-corrected chi connectivity index (χ2v) is 6.16. The van der Waals surface area contributed by atoms with E-state index in [0.29, 0.717) is 5.69 Å². The molecular weight excluding hydrogens is 322 g/mol. The zero-order valence-electron chi connectivity index (χ0n) is 13.1. The van der Waals surface area contributed by atoms with Crippen LogP contribution < -0.4 is 5.32 Å². The number of aryl methyl sites for hydroxylation is 1. The van der Waals surface area contributed by atoms with Gasteiger partial charge < -0.3 is 10.4 Å². The SMILES string of the molecule is Cc1ccccc1-n1ccnc1SCC(=O)Nc1ccccc1O. The van der Waals surface area contributed by atoms with Crippen LogP contribution in [0, 0.1) is 6.92 Å². The van der Waals surface area contributed by atoms with Crippen molar-refractivity contribution in [1.82, 2.24) is 9.55 Å². The number of thioether (sulfide) groups is 1. The molecular formula is C18H17N3O2S. The Balaban J connectivity index is 1.68. The third kappa shape index (κ3) is 3.60. The normalized spacial score (nSPS) is 10.5. The van der Waals surface area contributed by atoms with Crippen LogP contribution in [-0.4, -0.2) is 26.3 Å². The summed E-state index contributed by atoms with van der Waals surface area (Å²) in [6.45, 7) is 2.04. The van der Waals surface area contributed by atoms with Crippen LogP contribution in [0.25, 0.3) is 5.69 Å². The minimum Gasteiger partial charge on any atom is -0.506 e. The zero-order chi connectivity index (χ0) is 16.9. The number of phenols is 1. The van der Waals surface area contributed by atoms with E-state index in [1.54, 1.807) is 24.4 Å². The molecule has 2 N–H and O–H groups in total. The molecule has 0 atom stereocenters. The van der Waals surface area contributed by atoms with Crippen molar-refractivity contribution in [3.05, 3.63) is 66.5 Å². The van der Waals surface area contributed by atoms with Crippen LogP contribution in [0.4, 0.5) is 5.69 Å². The summed E-state index contributed by atoms with van der Waals surface area (Å²) in [5.74, 6) is 0.0649. The van der Waals surface area contributed by atoms with Gasteiger partial charge in [0, 0.05) is 12.4 Å². The highest BCUT2D eigenvalue weighted by Crippen LogP contribution is 2.24. The van der Waals surface area contributed by atoms with Gasteiger partial charge in [0.25, 0.3) is 0 Å². The first-order valence-electron chi connectivity index (χ1n) is 7.45. The smallest absolute Gasteiger partial charge is 0.234 e. The molecule has 122 valence electrons. The van der Waals surface area contributed by atoms with Crippen molar-refractivity contribution in [2.75, 3.05) is 11.1 Å². The fourth-order valence-corrected chi connectivity index (χ4v) is 3.08. The molecule has 0 radical (unpaired) electrons. The lowest BCUT2D eigenvalue weighted by atomic mass is 10.2. The summed E-state index contributed by atoms with van der Waals surface area (Å²) in [6.07, 6.45) is 3.60. The molecule has 0 spiro atoms. The van der Waals surface area contributed by atoms with E-state index in [2.05, 4.69) is 10.3 Å². The Hall–Kier alpha value is -2.73. The molecule has 3 rings (SSSR count). The summed E-state index contributed by atoms with van der Waals surface area (Å²) in [5.41, 5.74) is 2.58. The Kier molecular flexibility index (Phi) is 4.86. The molecule has 0 aliphatic rings. The molecule has 0 saturated heterocycles. The quantitative estimate of drug-likeness (QED) is 0.550. The van der Waals surface area contributed by atoms with Crippen LogP contribution in [0.1, 0.15) is 5.56 Å². The minimum absolute atomic E-state index is 0.0530. The molecule has 5 nitrogen and oxygen atoms in total. The number of amides is 1. The van der Waals surface area contributed by atoms with Gasteiger partial charge in [-0.3, -0.25) is 9.36 Å². The van der Waals surface area contributed by atoms with Gasteiger partial charge >= 0.3 is 0 Å². The van der Waals surface area contributed by atoms with E-state index in [1.165, 1.54) is 17.8 Å². The number of para-hydroxylation sites is 3. The van der Waals surface area contributed by atoms with Crippen LogP contribution in [0.3, 0.4) is 0 Å². The van der Waals surface area contributed by atoms with E-state index in [4.69, 9.17) is 0 Å². The molecule has 0 fully saturated rings. The van der Waals surface area contributed by atoms with Gasteiger partial charge in [0.15, 0.2) is 5.16 Å². The number of rotatable bonds is 5. The predicted molar refractivity (Wildman–Crippen MR) is 95.8 cm³/mol. The Morgan fingerprint density at radius 2 is 1.96 bits per heavy atom. The summed E-state index contributed by atoms with van der Waals surface area (Å²) in [4.78, 5) is 16.4. The summed E-state index contributed by atoms with van der Waals surface area (Å²) in [7, 11) is 0. The van der Waals surface area contributed by atoms with Gasteiger partial charge in [-0.2, -0.15) is 0 Å². The number of hydrogen-bond donors (Lipinski definition) is 2. The molecule has 6 heteroatoms. The van der Waals surface area contributed by atoms with E-state index in [9.17, 15) is 9.90 Å². The number of aromatic nitrogens is 2.